The minimum Gasteiger partial charge on any atom is -0.457 e. The molecule has 6 nitrogen and oxygen atoms in total. The van der Waals surface area contributed by atoms with Gasteiger partial charge in [0.15, 0.2) is 0 Å². The maximum atomic E-state index is 6.73. The Morgan fingerprint density at radius 3 is 2.11 bits per heavy atom. The summed E-state index contributed by atoms with van der Waals surface area (Å²) in [5.41, 5.74) is 10.5. The van der Waals surface area contributed by atoms with Crippen LogP contribution in [0.25, 0.3) is 49.4 Å². The third kappa shape index (κ3) is 4.97. The van der Waals surface area contributed by atoms with Crippen molar-refractivity contribution in [1.82, 2.24) is 14.1 Å². The molecule has 10 rings (SSSR count). The lowest BCUT2D eigenvalue weighted by Gasteiger charge is -2.22. The Morgan fingerprint density at radius 1 is 0.566 bits per heavy atom. The van der Waals surface area contributed by atoms with Gasteiger partial charge < -0.3 is 19.1 Å². The van der Waals surface area contributed by atoms with Gasteiger partial charge in [0.05, 0.1) is 27.9 Å². The van der Waals surface area contributed by atoms with E-state index in [1.807, 2.05) is 12.3 Å². The molecule has 9 aromatic rings. The summed E-state index contributed by atoms with van der Waals surface area (Å²) in [6, 6.07) is 51.6. The molecule has 6 aromatic carbocycles. The number of nitrogens with zero attached hydrogens (tertiary/aromatic N) is 5. The van der Waals surface area contributed by atoms with Gasteiger partial charge in [0.2, 0.25) is 0 Å². The van der Waals surface area contributed by atoms with Crippen molar-refractivity contribution in [2.24, 2.45) is 7.05 Å². The Bertz CT molecular complexity index is 2860. The summed E-state index contributed by atoms with van der Waals surface area (Å²) < 4.78 is 11.3. The lowest BCUT2D eigenvalue weighted by atomic mass is 9.88. The number of hydrogen-bond donors (Lipinski definition) is 0. The average Bonchev–Trinajstić information content (AvgIpc) is 3.83. The molecular weight excluding hydrogens is 651 g/mol. The molecule has 0 N–H and O–H groups in total. The van der Waals surface area contributed by atoms with Gasteiger partial charge in [-0.25, -0.2) is 4.98 Å². The van der Waals surface area contributed by atoms with Gasteiger partial charge in [-0.15, -0.1) is 0 Å². The molecule has 0 spiro atoms. The molecule has 6 heteroatoms. The molecule has 1 aliphatic heterocycles. The van der Waals surface area contributed by atoms with E-state index in [1.165, 1.54) is 49.5 Å². The highest BCUT2D eigenvalue weighted by Crippen LogP contribution is 2.51. The van der Waals surface area contributed by atoms with Crippen LogP contribution >= 0.6 is 0 Å². The zero-order valence-corrected chi connectivity index (χ0v) is 30.3. The number of aryl methyl sites for hydroxylation is 1. The van der Waals surface area contributed by atoms with Crippen molar-refractivity contribution in [2.45, 2.75) is 26.2 Å². The second-order valence-electron chi connectivity index (χ2n) is 15.0. The second-order valence-corrected chi connectivity index (χ2v) is 15.0. The van der Waals surface area contributed by atoms with Crippen molar-refractivity contribution >= 4 is 66.4 Å². The molecule has 0 fully saturated rings. The van der Waals surface area contributed by atoms with E-state index in [0.717, 1.165) is 39.7 Å². The first kappa shape index (κ1) is 31.2. The molecule has 3 aromatic heterocycles. The Labute approximate surface area is 308 Å². The lowest BCUT2D eigenvalue weighted by molar-refractivity contribution is 0.483. The van der Waals surface area contributed by atoms with Gasteiger partial charge in [-0.2, -0.15) is 0 Å². The lowest BCUT2D eigenvalue weighted by Crippen LogP contribution is -2.23. The smallest absolute Gasteiger partial charge is 0.137 e. The van der Waals surface area contributed by atoms with E-state index in [9.17, 15) is 0 Å². The maximum absolute atomic E-state index is 6.73. The summed E-state index contributed by atoms with van der Waals surface area (Å²) in [5.74, 6) is 2.45. The zero-order chi connectivity index (χ0) is 35.8. The summed E-state index contributed by atoms with van der Waals surface area (Å²) in [7, 11) is 2.16. The van der Waals surface area contributed by atoms with Crippen LogP contribution in [0.5, 0.6) is 11.5 Å². The van der Waals surface area contributed by atoms with Crippen LogP contribution in [-0.2, 0) is 12.5 Å². The highest BCUT2D eigenvalue weighted by Gasteiger charge is 2.32. The Balaban J connectivity index is 1.08. The molecule has 258 valence electrons. The molecule has 4 heterocycles. The summed E-state index contributed by atoms with van der Waals surface area (Å²) in [5, 5.41) is 4.86. The number of rotatable bonds is 5. The highest BCUT2D eigenvalue weighted by atomic mass is 16.5. The minimum absolute atomic E-state index is 0.00308. The fourth-order valence-electron chi connectivity index (χ4n) is 8.16. The number of ether oxygens (including phenoxy) is 1. The molecule has 0 amide bonds. The summed E-state index contributed by atoms with van der Waals surface area (Å²) >= 11 is 0. The van der Waals surface area contributed by atoms with E-state index in [4.69, 9.17) is 9.72 Å². The molecule has 1 aliphatic rings. The van der Waals surface area contributed by atoms with E-state index >= 15 is 0 Å². The van der Waals surface area contributed by atoms with Crippen LogP contribution in [0.4, 0.5) is 22.7 Å². The molecule has 0 radical (unpaired) electrons. The first-order valence-corrected chi connectivity index (χ1v) is 18.2. The van der Waals surface area contributed by atoms with Gasteiger partial charge in [-0.3, -0.25) is 4.57 Å². The van der Waals surface area contributed by atoms with Crippen LogP contribution in [0.3, 0.4) is 0 Å². The second kappa shape index (κ2) is 11.8. The van der Waals surface area contributed by atoms with Crippen LogP contribution < -0.4 is 14.5 Å². The normalized spacial score (nSPS) is 13.1. The number of pyridine rings is 1. The fourth-order valence-corrected chi connectivity index (χ4v) is 8.16. The first-order chi connectivity index (χ1) is 25.8. The predicted molar refractivity (Wildman–Crippen MR) is 220 cm³/mol. The fraction of sp³-hybridized carbons (Fsp3) is 0.128. The zero-order valence-electron chi connectivity index (χ0n) is 30.3. The average molecular weight is 690 g/mol. The SMILES string of the molecule is Cn1c2ccccc2c2c3c(ccc21)N(c1ccccc1)CN3c1cccc(Oc2ccc3c4ccccc4n(-c4cc(C(C)(C)C)ccn4)c3c2)c1. The summed E-state index contributed by atoms with van der Waals surface area (Å²) in [6.45, 7) is 7.39. The van der Waals surface area contributed by atoms with Crippen molar-refractivity contribution in [2.75, 3.05) is 16.5 Å². The molecule has 0 saturated heterocycles. The van der Waals surface area contributed by atoms with Crippen LogP contribution in [-0.4, -0.2) is 20.8 Å². The molecule has 0 saturated carbocycles. The summed E-state index contributed by atoms with van der Waals surface area (Å²) in [4.78, 5) is 9.70. The van der Waals surface area contributed by atoms with Crippen molar-refractivity contribution in [1.29, 1.82) is 0 Å². The minimum atomic E-state index is 0.00308. The number of benzene rings is 6. The largest absolute Gasteiger partial charge is 0.457 e. The molecule has 0 bridgehead atoms. The third-order valence-electron chi connectivity index (χ3n) is 10.8. The van der Waals surface area contributed by atoms with Gasteiger partial charge >= 0.3 is 0 Å². The molecule has 0 aliphatic carbocycles. The van der Waals surface area contributed by atoms with Crippen molar-refractivity contribution in [3.8, 4) is 17.3 Å². The van der Waals surface area contributed by atoms with E-state index < -0.39 is 0 Å². The Hall–Kier alpha value is -6.53. The van der Waals surface area contributed by atoms with Crippen LogP contribution in [0.15, 0.2) is 152 Å². The van der Waals surface area contributed by atoms with E-state index in [2.05, 4.69) is 186 Å². The Morgan fingerprint density at radius 2 is 1.28 bits per heavy atom. The van der Waals surface area contributed by atoms with Gasteiger partial charge in [-0.1, -0.05) is 81.4 Å². The van der Waals surface area contributed by atoms with Crippen LogP contribution in [0.1, 0.15) is 26.3 Å². The van der Waals surface area contributed by atoms with E-state index in [0.29, 0.717) is 6.67 Å². The highest BCUT2D eigenvalue weighted by molar-refractivity contribution is 6.19. The van der Waals surface area contributed by atoms with E-state index in [-0.39, 0.29) is 5.41 Å². The predicted octanol–water partition coefficient (Wildman–Crippen LogP) is 12.2. The van der Waals surface area contributed by atoms with Gasteiger partial charge in [0, 0.05) is 63.8 Å². The van der Waals surface area contributed by atoms with Gasteiger partial charge in [0.1, 0.15) is 24.0 Å². The first-order valence-electron chi connectivity index (χ1n) is 18.2. The van der Waals surface area contributed by atoms with Gasteiger partial charge in [0.25, 0.3) is 0 Å². The number of aromatic nitrogens is 3. The number of fused-ring (bicyclic) bond motifs is 8. The molecule has 0 unspecified atom stereocenters. The van der Waals surface area contributed by atoms with Crippen LogP contribution in [0.2, 0.25) is 0 Å². The Kier molecular flexibility index (Phi) is 6.92. The topological polar surface area (TPSA) is 38.5 Å². The summed E-state index contributed by atoms with van der Waals surface area (Å²) in [6.07, 6.45) is 1.92. The molecular formula is C47H39N5O. The van der Waals surface area contributed by atoms with E-state index in [1.54, 1.807) is 0 Å². The standard InChI is InChI=1S/C47H39N5O/c1-47(2,3)31-25-26-48-44(27-31)52-40-20-11-8-17-36(40)37-22-21-35(29-43(37)52)53-34-16-12-15-33(28-34)51-30-50(32-13-6-5-7-14-32)42-24-23-41-45(46(42)51)38-18-9-10-19-39(38)49(41)4/h5-29H,30H2,1-4H3. The van der Waals surface area contributed by atoms with Crippen molar-refractivity contribution in [3.63, 3.8) is 0 Å². The van der Waals surface area contributed by atoms with Crippen molar-refractivity contribution < 1.29 is 4.74 Å². The molecule has 53 heavy (non-hydrogen) atoms. The number of hydrogen-bond acceptors (Lipinski definition) is 4. The molecule has 0 atom stereocenters. The maximum Gasteiger partial charge on any atom is 0.137 e. The van der Waals surface area contributed by atoms with Crippen LogP contribution in [0, 0.1) is 0 Å². The number of anilines is 4. The van der Waals surface area contributed by atoms with Crippen molar-refractivity contribution in [3.05, 3.63) is 157 Å². The van der Waals surface area contributed by atoms with Gasteiger partial charge in [-0.05, 0) is 83.8 Å². The third-order valence-corrected chi connectivity index (χ3v) is 10.8. The number of para-hydroxylation sites is 3. The monoisotopic (exact) mass is 689 g/mol. The quantitative estimate of drug-likeness (QED) is 0.180.